The van der Waals surface area contributed by atoms with E-state index in [4.69, 9.17) is 4.74 Å². The molecule has 0 spiro atoms. The highest BCUT2D eigenvalue weighted by Gasteiger charge is 2.15. The standard InChI is InChI=1S/C17H27N5O4/c1-17(2,3)26-16(23)20-11-5-10-19-15(18-4)21-12-13-6-8-14(9-7-13)22(24)25/h6-9H,5,10-12H2,1-4H3,(H,20,23)(H2,18,19,21). The van der Waals surface area contributed by atoms with Crippen molar-refractivity contribution in [3.8, 4) is 0 Å². The van der Waals surface area contributed by atoms with Crippen LogP contribution in [0.3, 0.4) is 0 Å². The van der Waals surface area contributed by atoms with Crippen LogP contribution < -0.4 is 16.0 Å². The largest absolute Gasteiger partial charge is 0.444 e. The van der Waals surface area contributed by atoms with Crippen molar-refractivity contribution >= 4 is 17.7 Å². The van der Waals surface area contributed by atoms with Crippen LogP contribution in [0.5, 0.6) is 0 Å². The molecule has 0 saturated heterocycles. The van der Waals surface area contributed by atoms with E-state index >= 15 is 0 Å². The molecule has 9 nitrogen and oxygen atoms in total. The maximum atomic E-state index is 11.5. The molecule has 0 aliphatic heterocycles. The van der Waals surface area contributed by atoms with Crippen molar-refractivity contribution in [1.82, 2.24) is 16.0 Å². The Morgan fingerprint density at radius 2 is 1.77 bits per heavy atom. The Labute approximate surface area is 153 Å². The van der Waals surface area contributed by atoms with Crippen LogP contribution in [-0.4, -0.2) is 42.7 Å². The minimum absolute atomic E-state index is 0.0637. The monoisotopic (exact) mass is 365 g/mol. The van der Waals surface area contributed by atoms with Crippen molar-refractivity contribution in [2.24, 2.45) is 4.99 Å². The van der Waals surface area contributed by atoms with Crippen molar-refractivity contribution in [2.45, 2.75) is 39.3 Å². The molecule has 0 aromatic heterocycles. The molecular formula is C17H27N5O4. The Kier molecular flexibility index (Phi) is 8.33. The van der Waals surface area contributed by atoms with Crippen LogP contribution >= 0.6 is 0 Å². The first-order chi connectivity index (χ1) is 12.2. The minimum Gasteiger partial charge on any atom is -0.444 e. The van der Waals surface area contributed by atoms with Crippen molar-refractivity contribution in [1.29, 1.82) is 0 Å². The number of amides is 1. The lowest BCUT2D eigenvalue weighted by Gasteiger charge is -2.19. The van der Waals surface area contributed by atoms with Crippen LogP contribution in [0.2, 0.25) is 0 Å². The molecule has 144 valence electrons. The van der Waals surface area contributed by atoms with E-state index in [-0.39, 0.29) is 5.69 Å². The zero-order chi connectivity index (χ0) is 19.6. The van der Waals surface area contributed by atoms with E-state index in [1.165, 1.54) is 12.1 Å². The first-order valence-corrected chi connectivity index (χ1v) is 8.36. The number of nitro benzene ring substituents is 1. The Morgan fingerprint density at radius 3 is 2.31 bits per heavy atom. The van der Waals surface area contributed by atoms with Crippen molar-refractivity contribution in [3.63, 3.8) is 0 Å². The molecule has 0 bridgehead atoms. The quantitative estimate of drug-likeness (QED) is 0.224. The molecule has 1 aromatic rings. The van der Waals surface area contributed by atoms with Crippen LogP contribution in [0, 0.1) is 10.1 Å². The molecule has 0 radical (unpaired) electrons. The van der Waals surface area contributed by atoms with Gasteiger partial charge < -0.3 is 20.7 Å². The SMILES string of the molecule is CN=C(NCCCNC(=O)OC(C)(C)C)NCc1ccc([N+](=O)[O-])cc1. The Morgan fingerprint density at radius 1 is 1.15 bits per heavy atom. The molecule has 1 aromatic carbocycles. The normalized spacial score (nSPS) is 11.6. The summed E-state index contributed by atoms with van der Waals surface area (Å²) in [5.74, 6) is 0.612. The zero-order valence-corrected chi connectivity index (χ0v) is 15.7. The van der Waals surface area contributed by atoms with E-state index in [2.05, 4.69) is 20.9 Å². The van der Waals surface area contributed by atoms with E-state index in [1.807, 2.05) is 20.8 Å². The average Bonchev–Trinajstić information content (AvgIpc) is 2.56. The summed E-state index contributed by atoms with van der Waals surface area (Å²) in [7, 11) is 1.66. The maximum absolute atomic E-state index is 11.5. The lowest BCUT2D eigenvalue weighted by molar-refractivity contribution is -0.384. The zero-order valence-electron chi connectivity index (χ0n) is 15.7. The molecule has 26 heavy (non-hydrogen) atoms. The maximum Gasteiger partial charge on any atom is 0.407 e. The molecule has 0 saturated carbocycles. The fourth-order valence-electron chi connectivity index (χ4n) is 1.94. The highest BCUT2D eigenvalue weighted by Crippen LogP contribution is 2.11. The average molecular weight is 365 g/mol. The highest BCUT2D eigenvalue weighted by molar-refractivity contribution is 5.79. The summed E-state index contributed by atoms with van der Waals surface area (Å²) in [4.78, 5) is 25.8. The lowest BCUT2D eigenvalue weighted by atomic mass is 10.2. The molecule has 0 aliphatic carbocycles. The van der Waals surface area contributed by atoms with E-state index in [1.54, 1.807) is 19.2 Å². The van der Waals surface area contributed by atoms with Crippen LogP contribution in [0.25, 0.3) is 0 Å². The summed E-state index contributed by atoms with van der Waals surface area (Å²) in [5, 5.41) is 19.6. The highest BCUT2D eigenvalue weighted by atomic mass is 16.6. The van der Waals surface area contributed by atoms with Gasteiger partial charge in [0.05, 0.1) is 4.92 Å². The molecule has 1 rings (SSSR count). The number of nitrogens with zero attached hydrogens (tertiary/aromatic N) is 2. The Bertz CT molecular complexity index is 623. The Hall–Kier alpha value is -2.84. The van der Waals surface area contributed by atoms with Crippen LogP contribution in [-0.2, 0) is 11.3 Å². The second-order valence-electron chi connectivity index (χ2n) is 6.56. The number of rotatable bonds is 7. The second kappa shape index (κ2) is 10.2. The fraction of sp³-hybridized carbons (Fsp3) is 0.529. The Balaban J connectivity index is 2.25. The van der Waals surface area contributed by atoms with Gasteiger partial charge in [-0.3, -0.25) is 15.1 Å². The topological polar surface area (TPSA) is 118 Å². The second-order valence-corrected chi connectivity index (χ2v) is 6.56. The number of non-ortho nitro benzene ring substituents is 1. The third-order valence-corrected chi connectivity index (χ3v) is 3.14. The van der Waals surface area contributed by atoms with Crippen molar-refractivity contribution in [3.05, 3.63) is 39.9 Å². The third kappa shape index (κ3) is 8.86. The van der Waals surface area contributed by atoms with Crippen LogP contribution in [0.15, 0.2) is 29.3 Å². The van der Waals surface area contributed by atoms with Gasteiger partial charge in [0.25, 0.3) is 5.69 Å². The molecule has 3 N–H and O–H groups in total. The number of hydrogen-bond acceptors (Lipinski definition) is 5. The van der Waals surface area contributed by atoms with Gasteiger partial charge in [0.1, 0.15) is 5.60 Å². The van der Waals surface area contributed by atoms with Gasteiger partial charge in [-0.05, 0) is 32.8 Å². The number of ether oxygens (including phenoxy) is 1. The molecule has 0 fully saturated rings. The molecule has 0 heterocycles. The van der Waals surface area contributed by atoms with Gasteiger partial charge in [-0.15, -0.1) is 0 Å². The van der Waals surface area contributed by atoms with E-state index in [9.17, 15) is 14.9 Å². The van der Waals surface area contributed by atoms with Gasteiger partial charge in [-0.2, -0.15) is 0 Å². The predicted octanol–water partition coefficient (Wildman–Crippen LogP) is 2.17. The summed E-state index contributed by atoms with van der Waals surface area (Å²) in [6.45, 7) is 7.04. The number of aliphatic imine (C=N–C) groups is 1. The summed E-state index contributed by atoms with van der Waals surface area (Å²) in [5.41, 5.74) is 0.463. The van der Waals surface area contributed by atoms with Crippen molar-refractivity contribution < 1.29 is 14.5 Å². The van der Waals surface area contributed by atoms with Gasteiger partial charge in [-0.1, -0.05) is 12.1 Å². The number of benzene rings is 1. The van der Waals surface area contributed by atoms with Gasteiger partial charge >= 0.3 is 6.09 Å². The molecule has 0 unspecified atom stereocenters. The van der Waals surface area contributed by atoms with Gasteiger partial charge in [0.15, 0.2) is 5.96 Å². The van der Waals surface area contributed by atoms with Gasteiger partial charge in [0, 0.05) is 38.8 Å². The minimum atomic E-state index is -0.508. The number of carbonyl (C=O) groups is 1. The van der Waals surface area contributed by atoms with E-state index in [0.29, 0.717) is 32.0 Å². The summed E-state index contributed by atoms with van der Waals surface area (Å²) in [6, 6.07) is 6.33. The number of hydrogen-bond donors (Lipinski definition) is 3. The first kappa shape index (κ1) is 21.2. The number of guanidine groups is 1. The van der Waals surface area contributed by atoms with Crippen LogP contribution in [0.1, 0.15) is 32.8 Å². The van der Waals surface area contributed by atoms with Gasteiger partial charge in [-0.25, -0.2) is 4.79 Å². The fourth-order valence-corrected chi connectivity index (χ4v) is 1.94. The third-order valence-electron chi connectivity index (χ3n) is 3.14. The number of carbonyl (C=O) groups excluding carboxylic acids is 1. The van der Waals surface area contributed by atoms with E-state index < -0.39 is 16.6 Å². The lowest BCUT2D eigenvalue weighted by Crippen LogP contribution is -2.39. The molecular weight excluding hydrogens is 338 g/mol. The van der Waals surface area contributed by atoms with Crippen LogP contribution in [0.4, 0.5) is 10.5 Å². The summed E-state index contributed by atoms with van der Waals surface area (Å²) < 4.78 is 5.15. The van der Waals surface area contributed by atoms with Crippen molar-refractivity contribution in [2.75, 3.05) is 20.1 Å². The molecule has 0 atom stereocenters. The molecule has 1 amide bonds. The van der Waals surface area contributed by atoms with Gasteiger partial charge in [0.2, 0.25) is 0 Å². The molecule has 0 aliphatic rings. The number of nitrogens with one attached hydrogen (secondary N) is 3. The first-order valence-electron chi connectivity index (χ1n) is 8.36. The summed E-state index contributed by atoms with van der Waals surface area (Å²) >= 11 is 0. The predicted molar refractivity (Wildman–Crippen MR) is 100 cm³/mol. The smallest absolute Gasteiger partial charge is 0.407 e. The van der Waals surface area contributed by atoms with E-state index in [0.717, 1.165) is 5.56 Å². The number of alkyl carbamates (subject to hydrolysis) is 1. The molecule has 9 heteroatoms. The summed E-state index contributed by atoms with van der Waals surface area (Å²) in [6.07, 6.45) is 0.274. The number of nitro groups is 1.